The molecule has 2 heterocycles. The summed E-state index contributed by atoms with van der Waals surface area (Å²) in [5.41, 5.74) is 2.62. The van der Waals surface area contributed by atoms with Gasteiger partial charge in [-0.05, 0) is 83.8 Å². The van der Waals surface area contributed by atoms with Gasteiger partial charge in [0.2, 0.25) is 10.0 Å². The maximum atomic E-state index is 12.5. The molecule has 1 aromatic heterocycles. The first-order valence-corrected chi connectivity index (χ1v) is 11.5. The molecule has 1 saturated heterocycles. The van der Waals surface area contributed by atoms with E-state index in [1.54, 1.807) is 26.8 Å². The van der Waals surface area contributed by atoms with E-state index < -0.39 is 14.8 Å². The zero-order chi connectivity index (χ0) is 19.7. The third-order valence-electron chi connectivity index (χ3n) is 5.52. The molecule has 0 saturated carbocycles. The van der Waals surface area contributed by atoms with E-state index in [4.69, 9.17) is 4.42 Å². The fraction of sp³-hybridized carbons (Fsp3) is 0.619. The van der Waals surface area contributed by atoms with Crippen molar-refractivity contribution in [2.75, 3.05) is 24.4 Å². The Bertz CT molecular complexity index is 872. The number of furan rings is 1. The van der Waals surface area contributed by atoms with Crippen LogP contribution in [0.1, 0.15) is 64.9 Å². The Balaban J connectivity index is 1.78. The lowest BCUT2D eigenvalue weighted by Gasteiger charge is -2.31. The van der Waals surface area contributed by atoms with Gasteiger partial charge in [0.05, 0.1) is 11.0 Å². The molecule has 1 aliphatic heterocycles. The van der Waals surface area contributed by atoms with Gasteiger partial charge in [0, 0.05) is 16.6 Å². The van der Waals surface area contributed by atoms with Gasteiger partial charge in [0.25, 0.3) is 0 Å². The van der Waals surface area contributed by atoms with Crippen molar-refractivity contribution in [1.29, 1.82) is 0 Å². The Hall–Kier alpha value is -1.53. The number of rotatable bonds is 6. The first kappa shape index (κ1) is 20.2. The number of hydrogen-bond acceptors (Lipinski definition) is 4. The molecule has 3 rings (SSSR count). The zero-order valence-electron chi connectivity index (χ0n) is 16.9. The van der Waals surface area contributed by atoms with E-state index in [0.29, 0.717) is 11.6 Å². The molecule has 6 heteroatoms. The summed E-state index contributed by atoms with van der Waals surface area (Å²) in [7, 11) is -3.44. The minimum atomic E-state index is -3.44. The maximum absolute atomic E-state index is 12.5. The van der Waals surface area contributed by atoms with E-state index in [-0.39, 0.29) is 0 Å². The summed E-state index contributed by atoms with van der Waals surface area (Å²) in [6.07, 6.45) is 6.60. The lowest BCUT2D eigenvalue weighted by atomic mass is 9.89. The van der Waals surface area contributed by atoms with Crippen LogP contribution in [-0.4, -0.2) is 37.7 Å². The average Bonchev–Trinajstić information content (AvgIpc) is 3.02. The van der Waals surface area contributed by atoms with Crippen molar-refractivity contribution in [3.8, 4) is 0 Å². The molecule has 150 valence electrons. The predicted molar refractivity (Wildman–Crippen MR) is 112 cm³/mol. The Morgan fingerprint density at radius 3 is 2.56 bits per heavy atom. The van der Waals surface area contributed by atoms with Gasteiger partial charge < -0.3 is 9.32 Å². The molecule has 5 nitrogen and oxygen atoms in total. The molecule has 0 amide bonds. The monoisotopic (exact) mass is 392 g/mol. The van der Waals surface area contributed by atoms with Crippen molar-refractivity contribution in [2.45, 2.75) is 64.0 Å². The topological polar surface area (TPSA) is 62.6 Å². The van der Waals surface area contributed by atoms with E-state index in [2.05, 4.69) is 16.5 Å². The van der Waals surface area contributed by atoms with Gasteiger partial charge in [-0.25, -0.2) is 8.42 Å². The van der Waals surface area contributed by atoms with Gasteiger partial charge in [-0.15, -0.1) is 0 Å². The molecule has 0 bridgehead atoms. The number of fused-ring (bicyclic) bond motifs is 1. The Morgan fingerprint density at radius 1 is 1.22 bits per heavy atom. The van der Waals surface area contributed by atoms with Gasteiger partial charge >= 0.3 is 0 Å². The van der Waals surface area contributed by atoms with Crippen LogP contribution in [-0.2, 0) is 10.0 Å². The molecule has 1 N–H and O–H groups in total. The molecule has 1 aliphatic rings. The fourth-order valence-corrected chi connectivity index (χ4v) is 4.33. The van der Waals surface area contributed by atoms with Gasteiger partial charge in [-0.3, -0.25) is 4.72 Å². The van der Waals surface area contributed by atoms with Crippen molar-refractivity contribution in [1.82, 2.24) is 4.90 Å². The van der Waals surface area contributed by atoms with Crippen molar-refractivity contribution in [3.63, 3.8) is 0 Å². The van der Waals surface area contributed by atoms with E-state index in [9.17, 15) is 8.42 Å². The van der Waals surface area contributed by atoms with E-state index in [1.165, 1.54) is 24.9 Å². The minimum absolute atomic E-state index is 0.471. The highest BCUT2D eigenvalue weighted by Gasteiger charge is 2.29. The van der Waals surface area contributed by atoms with Crippen LogP contribution in [0.4, 0.5) is 5.69 Å². The molecule has 0 radical (unpaired) electrons. The Kier molecular flexibility index (Phi) is 5.87. The highest BCUT2D eigenvalue weighted by atomic mass is 32.2. The third-order valence-corrected chi connectivity index (χ3v) is 7.63. The molecular formula is C21H32N2O3S. The summed E-state index contributed by atoms with van der Waals surface area (Å²) in [5, 5.41) is 1.02. The van der Waals surface area contributed by atoms with Gasteiger partial charge in [0.1, 0.15) is 5.58 Å². The number of piperidine rings is 1. The van der Waals surface area contributed by atoms with Gasteiger partial charge in [-0.2, -0.15) is 0 Å². The van der Waals surface area contributed by atoms with E-state index in [1.807, 2.05) is 18.4 Å². The lowest BCUT2D eigenvalue weighted by molar-refractivity contribution is 0.210. The molecule has 0 atom stereocenters. The highest BCUT2D eigenvalue weighted by Crippen LogP contribution is 2.36. The van der Waals surface area contributed by atoms with Gasteiger partial charge in [-0.1, -0.05) is 13.3 Å². The molecule has 2 aromatic rings. The maximum Gasteiger partial charge on any atom is 0.237 e. The number of anilines is 1. The van der Waals surface area contributed by atoms with Crippen LogP contribution >= 0.6 is 0 Å². The number of nitrogens with one attached hydrogen (secondary N) is 1. The van der Waals surface area contributed by atoms with Crippen LogP contribution in [0.2, 0.25) is 0 Å². The number of likely N-dealkylation sites (tertiary alicyclic amines) is 1. The molecule has 1 aromatic carbocycles. The summed E-state index contributed by atoms with van der Waals surface area (Å²) in [5.74, 6) is 0.471. The summed E-state index contributed by atoms with van der Waals surface area (Å²) < 4.78 is 32.6. The molecular weight excluding hydrogens is 360 g/mol. The highest BCUT2D eigenvalue weighted by molar-refractivity contribution is 7.94. The smallest absolute Gasteiger partial charge is 0.237 e. The second-order valence-corrected chi connectivity index (χ2v) is 11.0. The van der Waals surface area contributed by atoms with Crippen LogP contribution in [0.3, 0.4) is 0 Å². The quantitative estimate of drug-likeness (QED) is 0.755. The number of hydrogen-bond donors (Lipinski definition) is 1. The van der Waals surface area contributed by atoms with Crippen LogP contribution in [0.15, 0.2) is 28.9 Å². The second kappa shape index (κ2) is 7.84. The third kappa shape index (κ3) is 4.49. The zero-order valence-corrected chi connectivity index (χ0v) is 17.7. The van der Waals surface area contributed by atoms with Crippen molar-refractivity contribution in [2.24, 2.45) is 0 Å². The second-order valence-electron chi connectivity index (χ2n) is 8.59. The lowest BCUT2D eigenvalue weighted by Crippen LogP contribution is -2.33. The molecule has 0 aliphatic carbocycles. The largest absolute Gasteiger partial charge is 0.464 e. The van der Waals surface area contributed by atoms with E-state index in [0.717, 1.165) is 36.9 Å². The molecule has 0 unspecified atom stereocenters. The summed E-state index contributed by atoms with van der Waals surface area (Å²) >= 11 is 0. The predicted octanol–water partition coefficient (Wildman–Crippen LogP) is 4.95. The van der Waals surface area contributed by atoms with Crippen molar-refractivity contribution in [3.05, 3.63) is 30.0 Å². The standard InChI is InChI=1S/C21H32N2O3S/c1-5-6-11-23-12-9-16(10-13-23)19-15-26-20-8-7-17(14-18(19)20)22-27(24,25)21(2,3)4/h7-8,14-16,22H,5-6,9-13H2,1-4H3. The first-order chi connectivity index (χ1) is 12.7. The number of unbranched alkanes of at least 4 members (excludes halogenated alkanes) is 1. The Labute approximate surface area is 163 Å². The minimum Gasteiger partial charge on any atom is -0.464 e. The van der Waals surface area contributed by atoms with Crippen LogP contribution in [0.25, 0.3) is 11.0 Å². The number of benzene rings is 1. The summed E-state index contributed by atoms with van der Waals surface area (Å²) in [6.45, 7) is 10.8. The Morgan fingerprint density at radius 2 is 1.93 bits per heavy atom. The van der Waals surface area contributed by atoms with Crippen molar-refractivity contribution >= 4 is 26.7 Å². The van der Waals surface area contributed by atoms with E-state index >= 15 is 0 Å². The molecule has 1 fully saturated rings. The van der Waals surface area contributed by atoms with Crippen LogP contribution < -0.4 is 4.72 Å². The first-order valence-electron chi connectivity index (χ1n) is 9.97. The molecule has 0 spiro atoms. The molecule has 27 heavy (non-hydrogen) atoms. The average molecular weight is 393 g/mol. The summed E-state index contributed by atoms with van der Waals surface area (Å²) in [6, 6.07) is 5.54. The number of nitrogens with zero attached hydrogens (tertiary/aromatic N) is 1. The normalized spacial score (nSPS) is 17.5. The van der Waals surface area contributed by atoms with Crippen LogP contribution in [0, 0.1) is 0 Å². The number of sulfonamides is 1. The summed E-state index contributed by atoms with van der Waals surface area (Å²) in [4.78, 5) is 2.55. The van der Waals surface area contributed by atoms with Crippen LogP contribution in [0.5, 0.6) is 0 Å². The van der Waals surface area contributed by atoms with Crippen molar-refractivity contribution < 1.29 is 12.8 Å². The van der Waals surface area contributed by atoms with Gasteiger partial charge in [0.15, 0.2) is 0 Å². The fourth-order valence-electron chi connectivity index (χ4n) is 3.59. The SMILES string of the molecule is CCCCN1CCC(c2coc3ccc(NS(=O)(=O)C(C)(C)C)cc23)CC1.